The van der Waals surface area contributed by atoms with E-state index in [1.807, 2.05) is 0 Å². The second kappa shape index (κ2) is 9.15. The zero-order chi connectivity index (χ0) is 14.0. The predicted molar refractivity (Wildman–Crippen MR) is 87.1 cm³/mol. The van der Waals surface area contributed by atoms with Crippen molar-refractivity contribution in [3.05, 3.63) is 35.9 Å². The first-order valence-electron chi connectivity index (χ1n) is 8.38. The summed E-state index contributed by atoms with van der Waals surface area (Å²) in [7, 11) is 0. The van der Waals surface area contributed by atoms with Crippen LogP contribution in [0.5, 0.6) is 0 Å². The van der Waals surface area contributed by atoms with Crippen molar-refractivity contribution < 1.29 is 0 Å². The highest BCUT2D eigenvalue weighted by atomic mass is 15.2. The van der Waals surface area contributed by atoms with Gasteiger partial charge in [-0.1, -0.05) is 50.1 Å². The summed E-state index contributed by atoms with van der Waals surface area (Å²) in [4.78, 5) is 2.63. The number of nitrogens with zero attached hydrogens (tertiary/aromatic N) is 1. The molecule has 2 rings (SSSR count). The van der Waals surface area contributed by atoms with Crippen molar-refractivity contribution in [3.63, 3.8) is 0 Å². The van der Waals surface area contributed by atoms with Crippen LogP contribution in [0.1, 0.15) is 44.6 Å². The fourth-order valence-corrected chi connectivity index (χ4v) is 3.06. The molecule has 2 nitrogen and oxygen atoms in total. The molecule has 0 radical (unpaired) electrons. The van der Waals surface area contributed by atoms with Gasteiger partial charge in [-0.3, -0.25) is 0 Å². The highest BCUT2D eigenvalue weighted by Gasteiger charge is 2.17. The highest BCUT2D eigenvalue weighted by Crippen LogP contribution is 2.11. The predicted octanol–water partition coefficient (Wildman–Crippen LogP) is 3.47. The van der Waals surface area contributed by atoms with Crippen molar-refractivity contribution in [2.45, 2.75) is 51.5 Å². The lowest BCUT2D eigenvalue weighted by atomic mass is 10.1. The molecule has 1 unspecified atom stereocenters. The van der Waals surface area contributed by atoms with Crippen molar-refractivity contribution in [3.8, 4) is 0 Å². The lowest BCUT2D eigenvalue weighted by Crippen LogP contribution is -2.42. The van der Waals surface area contributed by atoms with Gasteiger partial charge in [0.15, 0.2) is 0 Å². The Morgan fingerprint density at radius 1 is 1.10 bits per heavy atom. The number of likely N-dealkylation sites (tertiary alicyclic amines) is 1. The smallest absolute Gasteiger partial charge is 0.0235 e. The van der Waals surface area contributed by atoms with E-state index < -0.39 is 0 Å². The minimum Gasteiger partial charge on any atom is -0.312 e. The Labute approximate surface area is 124 Å². The molecule has 0 amide bonds. The Balaban J connectivity index is 1.81. The molecule has 1 heterocycles. The van der Waals surface area contributed by atoms with Gasteiger partial charge in [0.1, 0.15) is 0 Å². The van der Waals surface area contributed by atoms with Crippen LogP contribution in [0, 0.1) is 0 Å². The first kappa shape index (κ1) is 15.5. The number of unbranched alkanes of at least 4 members (excludes halogenated alkanes) is 2. The van der Waals surface area contributed by atoms with E-state index in [0.29, 0.717) is 6.04 Å². The Morgan fingerprint density at radius 3 is 2.55 bits per heavy atom. The fraction of sp³-hybridized carbons (Fsp3) is 0.667. The van der Waals surface area contributed by atoms with E-state index in [0.717, 1.165) is 6.42 Å². The molecule has 1 aromatic carbocycles. The second-order valence-electron chi connectivity index (χ2n) is 6.06. The van der Waals surface area contributed by atoms with Crippen LogP contribution in [0.25, 0.3) is 0 Å². The lowest BCUT2D eigenvalue weighted by molar-refractivity contribution is 0.288. The molecule has 0 saturated carbocycles. The van der Waals surface area contributed by atoms with Crippen LogP contribution < -0.4 is 5.32 Å². The number of nitrogens with one attached hydrogen (secondary N) is 1. The largest absolute Gasteiger partial charge is 0.312 e. The summed E-state index contributed by atoms with van der Waals surface area (Å²) in [6.07, 6.45) is 7.87. The van der Waals surface area contributed by atoms with E-state index in [1.165, 1.54) is 63.8 Å². The number of hydrogen-bond acceptors (Lipinski definition) is 2. The SMILES string of the molecule is CCCCCNC(Cc1ccccc1)CN1CCCC1. The van der Waals surface area contributed by atoms with Gasteiger partial charge in [-0.15, -0.1) is 0 Å². The van der Waals surface area contributed by atoms with E-state index in [-0.39, 0.29) is 0 Å². The summed E-state index contributed by atoms with van der Waals surface area (Å²) in [6.45, 7) is 7.23. The van der Waals surface area contributed by atoms with Gasteiger partial charge in [0, 0.05) is 12.6 Å². The Bertz CT molecular complexity index is 344. The highest BCUT2D eigenvalue weighted by molar-refractivity contribution is 5.16. The molecular formula is C18H30N2. The summed E-state index contributed by atoms with van der Waals surface area (Å²) in [5.74, 6) is 0. The van der Waals surface area contributed by atoms with Gasteiger partial charge < -0.3 is 10.2 Å². The summed E-state index contributed by atoms with van der Waals surface area (Å²) in [5.41, 5.74) is 1.46. The zero-order valence-electron chi connectivity index (χ0n) is 13.0. The van der Waals surface area contributed by atoms with Crippen molar-refractivity contribution in [2.24, 2.45) is 0 Å². The number of benzene rings is 1. The average molecular weight is 274 g/mol. The minimum atomic E-state index is 0.604. The molecule has 20 heavy (non-hydrogen) atoms. The van der Waals surface area contributed by atoms with Gasteiger partial charge in [-0.25, -0.2) is 0 Å². The molecule has 1 aliphatic rings. The average Bonchev–Trinajstić information content (AvgIpc) is 2.97. The minimum absolute atomic E-state index is 0.604. The summed E-state index contributed by atoms with van der Waals surface area (Å²) >= 11 is 0. The maximum Gasteiger partial charge on any atom is 0.0235 e. The Kier molecular flexibility index (Phi) is 7.10. The molecule has 0 aromatic heterocycles. The molecule has 1 saturated heterocycles. The molecule has 1 fully saturated rings. The molecule has 2 heteroatoms. The molecule has 0 spiro atoms. The normalized spacial score (nSPS) is 17.4. The Hall–Kier alpha value is -0.860. The van der Waals surface area contributed by atoms with E-state index in [9.17, 15) is 0 Å². The maximum absolute atomic E-state index is 3.79. The summed E-state index contributed by atoms with van der Waals surface area (Å²) < 4.78 is 0. The van der Waals surface area contributed by atoms with Crippen LogP contribution in [-0.4, -0.2) is 37.1 Å². The first-order valence-corrected chi connectivity index (χ1v) is 8.38. The lowest BCUT2D eigenvalue weighted by Gasteiger charge is -2.25. The number of hydrogen-bond donors (Lipinski definition) is 1. The molecule has 112 valence electrons. The van der Waals surface area contributed by atoms with E-state index in [1.54, 1.807) is 0 Å². The zero-order valence-corrected chi connectivity index (χ0v) is 13.0. The molecule has 0 aliphatic carbocycles. The summed E-state index contributed by atoms with van der Waals surface area (Å²) in [6, 6.07) is 11.5. The number of rotatable bonds is 9. The molecule has 1 aliphatic heterocycles. The van der Waals surface area contributed by atoms with E-state index in [4.69, 9.17) is 0 Å². The third-order valence-corrected chi connectivity index (χ3v) is 4.22. The monoisotopic (exact) mass is 274 g/mol. The van der Waals surface area contributed by atoms with Crippen LogP contribution in [0.2, 0.25) is 0 Å². The maximum atomic E-state index is 3.79. The van der Waals surface area contributed by atoms with Crippen molar-refractivity contribution in [2.75, 3.05) is 26.2 Å². The van der Waals surface area contributed by atoms with Crippen LogP contribution in [0.3, 0.4) is 0 Å². The second-order valence-corrected chi connectivity index (χ2v) is 6.06. The molecule has 1 atom stereocenters. The van der Waals surface area contributed by atoms with E-state index in [2.05, 4.69) is 47.5 Å². The standard InChI is InChI=1S/C18H30N2/c1-2-3-7-12-19-18(16-20-13-8-9-14-20)15-17-10-5-4-6-11-17/h4-6,10-11,18-19H,2-3,7-9,12-16H2,1H3. The van der Waals surface area contributed by atoms with Crippen molar-refractivity contribution >= 4 is 0 Å². The van der Waals surface area contributed by atoms with Crippen LogP contribution >= 0.6 is 0 Å². The van der Waals surface area contributed by atoms with Crippen LogP contribution in [0.4, 0.5) is 0 Å². The van der Waals surface area contributed by atoms with Crippen LogP contribution in [-0.2, 0) is 6.42 Å². The van der Waals surface area contributed by atoms with Gasteiger partial charge in [0.2, 0.25) is 0 Å². The van der Waals surface area contributed by atoms with Gasteiger partial charge in [-0.2, -0.15) is 0 Å². The third-order valence-electron chi connectivity index (χ3n) is 4.22. The Morgan fingerprint density at radius 2 is 1.85 bits per heavy atom. The molecule has 1 aromatic rings. The topological polar surface area (TPSA) is 15.3 Å². The third kappa shape index (κ3) is 5.64. The van der Waals surface area contributed by atoms with Crippen molar-refractivity contribution in [1.82, 2.24) is 10.2 Å². The van der Waals surface area contributed by atoms with E-state index >= 15 is 0 Å². The van der Waals surface area contributed by atoms with Gasteiger partial charge >= 0.3 is 0 Å². The first-order chi connectivity index (χ1) is 9.88. The van der Waals surface area contributed by atoms with Gasteiger partial charge in [0.05, 0.1) is 0 Å². The van der Waals surface area contributed by atoms with Gasteiger partial charge in [0.25, 0.3) is 0 Å². The molecular weight excluding hydrogens is 244 g/mol. The molecule has 1 N–H and O–H groups in total. The quantitative estimate of drug-likeness (QED) is 0.694. The summed E-state index contributed by atoms with van der Waals surface area (Å²) in [5, 5.41) is 3.79. The van der Waals surface area contributed by atoms with Crippen LogP contribution in [0.15, 0.2) is 30.3 Å². The molecule has 0 bridgehead atoms. The van der Waals surface area contributed by atoms with Crippen molar-refractivity contribution in [1.29, 1.82) is 0 Å². The fourth-order valence-electron chi connectivity index (χ4n) is 3.06. The van der Waals surface area contributed by atoms with Gasteiger partial charge in [-0.05, 0) is 50.9 Å².